The standard InChI is InChI=1S/C19H24N6O2/c1-14-12-25-13-20-17(11-18(25)21-14)23-6-8-24(9-7-23)19(26)22-15-4-3-5-16(10-15)27-2/h3-5,10-11,13-14H,6-9,12H2,1-2H3,(H,22,26). The molecule has 142 valence electrons. The Morgan fingerprint density at radius 3 is 2.85 bits per heavy atom. The molecule has 0 spiro atoms. The lowest BCUT2D eigenvalue weighted by molar-refractivity contribution is 0.167. The molecule has 1 fully saturated rings. The van der Waals surface area contributed by atoms with Gasteiger partial charge in [0.15, 0.2) is 0 Å². The van der Waals surface area contributed by atoms with E-state index in [-0.39, 0.29) is 6.03 Å². The molecule has 1 N–H and O–H groups in total. The summed E-state index contributed by atoms with van der Waals surface area (Å²) in [6.45, 7) is 5.78. The maximum atomic E-state index is 12.5. The molecule has 0 aliphatic carbocycles. The van der Waals surface area contributed by atoms with E-state index < -0.39 is 0 Å². The zero-order valence-electron chi connectivity index (χ0n) is 15.6. The van der Waals surface area contributed by atoms with Crippen LogP contribution < -0.4 is 10.1 Å². The molecule has 3 heterocycles. The lowest BCUT2D eigenvalue weighted by Crippen LogP contribution is -2.49. The Labute approximate surface area is 158 Å². The van der Waals surface area contributed by atoms with Crippen LogP contribution in [0.5, 0.6) is 5.75 Å². The molecule has 0 saturated carbocycles. The molecule has 8 nitrogen and oxygen atoms in total. The first-order valence-corrected chi connectivity index (χ1v) is 9.17. The van der Waals surface area contributed by atoms with E-state index in [2.05, 4.69) is 32.0 Å². The van der Waals surface area contributed by atoms with Gasteiger partial charge in [-0.1, -0.05) is 6.07 Å². The minimum absolute atomic E-state index is 0.0933. The summed E-state index contributed by atoms with van der Waals surface area (Å²) in [4.78, 5) is 27.8. The predicted octanol–water partition coefficient (Wildman–Crippen LogP) is 1.83. The number of benzene rings is 1. The monoisotopic (exact) mass is 368 g/mol. The number of amidine groups is 1. The van der Waals surface area contributed by atoms with Gasteiger partial charge in [-0.25, -0.2) is 9.79 Å². The van der Waals surface area contributed by atoms with Crippen LogP contribution in [0.3, 0.4) is 0 Å². The number of hydrogen-bond acceptors (Lipinski definition) is 6. The fourth-order valence-electron chi connectivity index (χ4n) is 3.44. The number of urea groups is 1. The number of hydrogen-bond donors (Lipinski definition) is 1. The van der Waals surface area contributed by atoms with Gasteiger partial charge in [0.2, 0.25) is 0 Å². The molecule has 1 aromatic rings. The van der Waals surface area contributed by atoms with E-state index in [1.54, 1.807) is 7.11 Å². The minimum atomic E-state index is -0.0933. The van der Waals surface area contributed by atoms with Crippen LogP contribution in [0.25, 0.3) is 0 Å². The zero-order chi connectivity index (χ0) is 18.8. The fourth-order valence-corrected chi connectivity index (χ4v) is 3.44. The molecule has 27 heavy (non-hydrogen) atoms. The Bertz CT molecular complexity index is 810. The molecular weight excluding hydrogens is 344 g/mol. The number of anilines is 1. The van der Waals surface area contributed by atoms with Crippen LogP contribution in [0.2, 0.25) is 0 Å². The van der Waals surface area contributed by atoms with Gasteiger partial charge in [0, 0.05) is 50.6 Å². The summed E-state index contributed by atoms with van der Waals surface area (Å²) in [6, 6.07) is 7.58. The van der Waals surface area contributed by atoms with Crippen molar-refractivity contribution in [3.63, 3.8) is 0 Å². The third-order valence-electron chi connectivity index (χ3n) is 4.91. The number of nitrogens with zero attached hydrogens (tertiary/aromatic N) is 5. The van der Waals surface area contributed by atoms with Crippen molar-refractivity contribution in [3.8, 4) is 5.75 Å². The lowest BCUT2D eigenvalue weighted by atomic mass is 10.3. The second-order valence-corrected chi connectivity index (χ2v) is 6.87. The zero-order valence-corrected chi connectivity index (χ0v) is 15.6. The van der Waals surface area contributed by atoms with Gasteiger partial charge in [0.05, 0.1) is 19.5 Å². The Kier molecular flexibility index (Phi) is 4.70. The normalized spacial score (nSPS) is 21.6. The number of nitrogens with one attached hydrogen (secondary N) is 1. The molecule has 1 unspecified atom stereocenters. The molecule has 3 aliphatic rings. The van der Waals surface area contributed by atoms with Crippen molar-refractivity contribution in [1.82, 2.24) is 14.7 Å². The van der Waals surface area contributed by atoms with Crippen molar-refractivity contribution in [2.75, 3.05) is 45.2 Å². The fraction of sp³-hybridized carbons (Fsp3) is 0.421. The molecule has 8 heteroatoms. The maximum absolute atomic E-state index is 12.5. The molecule has 0 bridgehead atoms. The number of carbonyl (C=O) groups is 1. The highest BCUT2D eigenvalue weighted by molar-refractivity contribution is 6.03. The number of piperazine rings is 1. The summed E-state index contributed by atoms with van der Waals surface area (Å²) in [6.07, 6.45) is 3.90. The maximum Gasteiger partial charge on any atom is 0.321 e. The predicted molar refractivity (Wildman–Crippen MR) is 105 cm³/mol. The average Bonchev–Trinajstić information content (AvgIpc) is 3.07. The van der Waals surface area contributed by atoms with Crippen molar-refractivity contribution in [2.24, 2.45) is 9.98 Å². The van der Waals surface area contributed by atoms with Crippen molar-refractivity contribution < 1.29 is 9.53 Å². The number of carbonyl (C=O) groups excluding carboxylic acids is 1. The van der Waals surface area contributed by atoms with E-state index in [0.717, 1.165) is 42.7 Å². The number of methoxy groups -OCH3 is 1. The number of rotatable bonds is 3. The van der Waals surface area contributed by atoms with E-state index in [9.17, 15) is 4.79 Å². The van der Waals surface area contributed by atoms with Crippen LogP contribution in [0, 0.1) is 0 Å². The van der Waals surface area contributed by atoms with Gasteiger partial charge >= 0.3 is 6.03 Å². The molecule has 1 aromatic carbocycles. The topological polar surface area (TPSA) is 72.8 Å². The van der Waals surface area contributed by atoms with E-state index >= 15 is 0 Å². The van der Waals surface area contributed by atoms with E-state index in [1.165, 1.54) is 0 Å². The van der Waals surface area contributed by atoms with Crippen LogP contribution in [0.15, 0.2) is 46.1 Å². The summed E-state index contributed by atoms with van der Waals surface area (Å²) in [5.41, 5.74) is 0.731. The first-order chi connectivity index (χ1) is 13.1. The molecule has 0 radical (unpaired) electrons. The van der Waals surface area contributed by atoms with Crippen molar-refractivity contribution in [1.29, 1.82) is 0 Å². The molecule has 0 aromatic heterocycles. The minimum Gasteiger partial charge on any atom is -0.497 e. The smallest absolute Gasteiger partial charge is 0.321 e. The van der Waals surface area contributed by atoms with E-state index in [4.69, 9.17) is 4.74 Å². The largest absolute Gasteiger partial charge is 0.497 e. The Hall–Kier alpha value is -3.03. The van der Waals surface area contributed by atoms with Crippen LogP contribution >= 0.6 is 0 Å². The second-order valence-electron chi connectivity index (χ2n) is 6.87. The number of ether oxygens (including phenoxy) is 1. The number of amides is 2. The number of fused-ring (bicyclic) bond motifs is 1. The number of aliphatic imine (C=N–C) groups is 2. The average molecular weight is 368 g/mol. The molecule has 2 amide bonds. The summed E-state index contributed by atoms with van der Waals surface area (Å²) in [7, 11) is 1.61. The SMILES string of the molecule is COc1cccc(NC(=O)N2CCN(C3=CC4=NC(C)CN4C=N3)CC2)c1. The summed E-state index contributed by atoms with van der Waals surface area (Å²) in [5, 5.41) is 2.93. The van der Waals surface area contributed by atoms with Gasteiger partial charge in [0.25, 0.3) is 0 Å². The molecule has 3 aliphatic heterocycles. The van der Waals surface area contributed by atoms with Crippen LogP contribution in [0.4, 0.5) is 10.5 Å². The highest BCUT2D eigenvalue weighted by Crippen LogP contribution is 2.20. The first-order valence-electron chi connectivity index (χ1n) is 9.17. The highest BCUT2D eigenvalue weighted by Gasteiger charge is 2.27. The summed E-state index contributed by atoms with van der Waals surface area (Å²) < 4.78 is 5.20. The van der Waals surface area contributed by atoms with Crippen molar-refractivity contribution in [3.05, 3.63) is 36.2 Å². The van der Waals surface area contributed by atoms with Crippen LogP contribution in [-0.2, 0) is 0 Å². The Morgan fingerprint density at radius 2 is 2.07 bits per heavy atom. The third kappa shape index (κ3) is 3.74. The quantitative estimate of drug-likeness (QED) is 0.884. The van der Waals surface area contributed by atoms with Gasteiger partial charge in [-0.3, -0.25) is 4.99 Å². The van der Waals surface area contributed by atoms with Gasteiger partial charge in [-0.2, -0.15) is 0 Å². The first kappa shape index (κ1) is 17.4. The molecule has 4 rings (SSSR count). The molecule has 1 atom stereocenters. The van der Waals surface area contributed by atoms with E-state index in [0.29, 0.717) is 19.1 Å². The van der Waals surface area contributed by atoms with Crippen molar-refractivity contribution in [2.45, 2.75) is 13.0 Å². The Balaban J connectivity index is 1.33. The van der Waals surface area contributed by atoms with Crippen LogP contribution in [-0.4, -0.2) is 78.8 Å². The summed E-state index contributed by atoms with van der Waals surface area (Å²) in [5.74, 6) is 2.62. The lowest BCUT2D eigenvalue weighted by Gasteiger charge is -2.36. The van der Waals surface area contributed by atoms with Gasteiger partial charge in [-0.15, -0.1) is 0 Å². The Morgan fingerprint density at radius 1 is 1.26 bits per heavy atom. The van der Waals surface area contributed by atoms with Gasteiger partial charge < -0.3 is 24.8 Å². The third-order valence-corrected chi connectivity index (χ3v) is 4.91. The highest BCUT2D eigenvalue weighted by atomic mass is 16.5. The van der Waals surface area contributed by atoms with Gasteiger partial charge in [-0.05, 0) is 19.1 Å². The van der Waals surface area contributed by atoms with Gasteiger partial charge in [0.1, 0.15) is 17.4 Å². The van der Waals surface area contributed by atoms with Crippen molar-refractivity contribution >= 4 is 23.9 Å². The molecule has 1 saturated heterocycles. The van der Waals surface area contributed by atoms with Crippen LogP contribution in [0.1, 0.15) is 6.92 Å². The van der Waals surface area contributed by atoms with E-state index in [1.807, 2.05) is 41.6 Å². The molecular formula is C19H24N6O2. The summed E-state index contributed by atoms with van der Waals surface area (Å²) >= 11 is 0. The second kappa shape index (κ2) is 7.30.